The molecule has 3 rings (SSSR count). The Labute approximate surface area is 130 Å². The van der Waals surface area contributed by atoms with Crippen molar-refractivity contribution in [3.05, 3.63) is 24.3 Å². The minimum Gasteiger partial charge on any atom is -0.486 e. The van der Waals surface area contributed by atoms with Crippen LogP contribution in [0.5, 0.6) is 5.75 Å². The van der Waals surface area contributed by atoms with Crippen molar-refractivity contribution in [3.63, 3.8) is 0 Å². The molecule has 22 heavy (non-hydrogen) atoms. The minimum atomic E-state index is -0.664. The van der Waals surface area contributed by atoms with E-state index in [1.807, 2.05) is 24.3 Å². The number of aliphatic carboxylic acids is 1. The lowest BCUT2D eigenvalue weighted by Crippen LogP contribution is -2.29. The molecule has 0 spiro atoms. The smallest absolute Gasteiger partial charge is 0.306 e. The van der Waals surface area contributed by atoms with Crippen LogP contribution in [0.4, 0.5) is 5.69 Å². The Kier molecular flexibility index (Phi) is 4.83. The van der Waals surface area contributed by atoms with Crippen molar-refractivity contribution >= 4 is 11.7 Å². The zero-order chi connectivity index (χ0) is 15.4. The number of carbonyl (C=O) groups is 1. The van der Waals surface area contributed by atoms with Crippen molar-refractivity contribution in [2.45, 2.75) is 44.2 Å². The third kappa shape index (κ3) is 3.71. The van der Waals surface area contributed by atoms with E-state index in [0.717, 1.165) is 50.1 Å². The number of ether oxygens (including phenoxy) is 2. The SMILES string of the molecule is O=C(O)C1CCC(Nc2ccccc2OC2CCOC2)CC1. The molecule has 0 amide bonds. The van der Waals surface area contributed by atoms with Gasteiger partial charge in [0.25, 0.3) is 0 Å². The highest BCUT2D eigenvalue weighted by atomic mass is 16.5. The molecule has 1 aliphatic heterocycles. The summed E-state index contributed by atoms with van der Waals surface area (Å²) < 4.78 is 11.4. The first-order valence-corrected chi connectivity index (χ1v) is 8.05. The Balaban J connectivity index is 1.59. The van der Waals surface area contributed by atoms with Gasteiger partial charge >= 0.3 is 5.97 Å². The Morgan fingerprint density at radius 3 is 2.64 bits per heavy atom. The molecule has 0 bridgehead atoms. The topological polar surface area (TPSA) is 67.8 Å². The lowest BCUT2D eigenvalue weighted by Gasteiger charge is -2.28. The van der Waals surface area contributed by atoms with Crippen LogP contribution in [0.1, 0.15) is 32.1 Å². The number of hydrogen-bond donors (Lipinski definition) is 2. The molecule has 1 atom stereocenters. The molecule has 5 heteroatoms. The number of nitrogens with one attached hydrogen (secondary N) is 1. The molecule has 1 heterocycles. The van der Waals surface area contributed by atoms with Gasteiger partial charge in [0.2, 0.25) is 0 Å². The first-order valence-electron chi connectivity index (χ1n) is 8.05. The van der Waals surface area contributed by atoms with E-state index in [-0.39, 0.29) is 12.0 Å². The molecular formula is C17H23NO4. The molecule has 2 fully saturated rings. The van der Waals surface area contributed by atoms with Crippen molar-refractivity contribution in [1.82, 2.24) is 0 Å². The lowest BCUT2D eigenvalue weighted by molar-refractivity contribution is -0.142. The number of carboxylic acids is 1. The molecule has 5 nitrogen and oxygen atoms in total. The molecular weight excluding hydrogens is 282 g/mol. The first kappa shape index (κ1) is 15.2. The van der Waals surface area contributed by atoms with Crippen LogP contribution in [0.25, 0.3) is 0 Å². The standard InChI is InChI=1S/C17H23NO4/c19-17(20)12-5-7-13(8-6-12)18-15-3-1-2-4-16(15)22-14-9-10-21-11-14/h1-4,12-14,18H,5-11H2,(H,19,20). The number of carboxylic acid groups (broad SMARTS) is 1. The molecule has 0 aromatic heterocycles. The van der Waals surface area contributed by atoms with Gasteiger partial charge in [-0.25, -0.2) is 0 Å². The Hall–Kier alpha value is -1.75. The predicted molar refractivity (Wildman–Crippen MR) is 83.3 cm³/mol. The van der Waals surface area contributed by atoms with Crippen molar-refractivity contribution in [1.29, 1.82) is 0 Å². The summed E-state index contributed by atoms with van der Waals surface area (Å²) in [7, 11) is 0. The quantitative estimate of drug-likeness (QED) is 0.875. The Morgan fingerprint density at radius 2 is 1.95 bits per heavy atom. The van der Waals surface area contributed by atoms with E-state index in [4.69, 9.17) is 14.6 Å². The number of anilines is 1. The highest BCUT2D eigenvalue weighted by Crippen LogP contribution is 2.31. The van der Waals surface area contributed by atoms with E-state index >= 15 is 0 Å². The van der Waals surface area contributed by atoms with Gasteiger partial charge in [-0.15, -0.1) is 0 Å². The van der Waals surface area contributed by atoms with E-state index in [1.165, 1.54) is 0 Å². The minimum absolute atomic E-state index is 0.130. The van der Waals surface area contributed by atoms with E-state index in [9.17, 15) is 4.79 Å². The Bertz CT molecular complexity index is 505. The second-order valence-corrected chi connectivity index (χ2v) is 6.13. The molecule has 120 valence electrons. The highest BCUT2D eigenvalue weighted by Gasteiger charge is 2.26. The first-order chi connectivity index (χ1) is 10.7. The summed E-state index contributed by atoms with van der Waals surface area (Å²) in [5, 5.41) is 12.6. The maximum Gasteiger partial charge on any atom is 0.306 e. The summed E-state index contributed by atoms with van der Waals surface area (Å²) in [6, 6.07) is 8.28. The van der Waals surface area contributed by atoms with E-state index in [1.54, 1.807) is 0 Å². The van der Waals surface area contributed by atoms with Crippen LogP contribution in [0.15, 0.2) is 24.3 Å². The number of rotatable bonds is 5. The normalized spacial score (nSPS) is 28.3. The average Bonchev–Trinajstić information content (AvgIpc) is 3.03. The van der Waals surface area contributed by atoms with Crippen LogP contribution in [0.3, 0.4) is 0 Å². The summed E-state index contributed by atoms with van der Waals surface area (Å²) in [4.78, 5) is 11.0. The number of benzene rings is 1. The van der Waals surface area contributed by atoms with Crippen LogP contribution in [-0.2, 0) is 9.53 Å². The van der Waals surface area contributed by atoms with Gasteiger partial charge in [-0.3, -0.25) is 4.79 Å². The van der Waals surface area contributed by atoms with E-state index < -0.39 is 5.97 Å². The molecule has 1 aromatic rings. The van der Waals surface area contributed by atoms with E-state index in [2.05, 4.69) is 5.32 Å². The molecule has 2 aliphatic rings. The fourth-order valence-electron chi connectivity index (χ4n) is 3.18. The van der Waals surface area contributed by atoms with Crippen molar-refractivity contribution in [2.75, 3.05) is 18.5 Å². The second-order valence-electron chi connectivity index (χ2n) is 6.13. The monoisotopic (exact) mass is 305 g/mol. The highest BCUT2D eigenvalue weighted by molar-refractivity contribution is 5.70. The van der Waals surface area contributed by atoms with Crippen molar-refractivity contribution in [2.24, 2.45) is 5.92 Å². The van der Waals surface area contributed by atoms with Crippen LogP contribution < -0.4 is 10.1 Å². The maximum atomic E-state index is 11.0. The summed E-state index contributed by atoms with van der Waals surface area (Å²) in [6.45, 7) is 1.41. The lowest BCUT2D eigenvalue weighted by atomic mass is 9.86. The van der Waals surface area contributed by atoms with E-state index in [0.29, 0.717) is 12.6 Å². The van der Waals surface area contributed by atoms with Gasteiger partial charge < -0.3 is 19.9 Å². The van der Waals surface area contributed by atoms with Gasteiger partial charge in [0, 0.05) is 12.5 Å². The molecule has 1 aliphatic carbocycles. The molecule has 1 saturated heterocycles. The molecule has 0 radical (unpaired) electrons. The zero-order valence-corrected chi connectivity index (χ0v) is 12.7. The van der Waals surface area contributed by atoms with Gasteiger partial charge in [0.1, 0.15) is 11.9 Å². The average molecular weight is 305 g/mol. The van der Waals surface area contributed by atoms with Gasteiger partial charge in [-0.2, -0.15) is 0 Å². The number of hydrogen-bond acceptors (Lipinski definition) is 4. The third-order valence-electron chi connectivity index (χ3n) is 4.50. The number of para-hydroxylation sites is 2. The maximum absolute atomic E-state index is 11.0. The fraction of sp³-hybridized carbons (Fsp3) is 0.588. The van der Waals surface area contributed by atoms with Crippen molar-refractivity contribution in [3.8, 4) is 5.75 Å². The molecule has 1 unspecified atom stereocenters. The third-order valence-corrected chi connectivity index (χ3v) is 4.50. The van der Waals surface area contributed by atoms with Crippen LogP contribution in [-0.4, -0.2) is 36.4 Å². The summed E-state index contributed by atoms with van der Waals surface area (Å²) in [6.07, 6.45) is 4.32. The molecule has 2 N–H and O–H groups in total. The van der Waals surface area contributed by atoms with Gasteiger partial charge in [0.15, 0.2) is 0 Å². The van der Waals surface area contributed by atoms with Crippen LogP contribution in [0, 0.1) is 5.92 Å². The van der Waals surface area contributed by atoms with Crippen LogP contribution in [0.2, 0.25) is 0 Å². The summed E-state index contributed by atoms with van der Waals surface area (Å²) in [5.41, 5.74) is 0.994. The molecule has 1 saturated carbocycles. The van der Waals surface area contributed by atoms with Gasteiger partial charge in [0.05, 0.1) is 24.8 Å². The fourth-order valence-corrected chi connectivity index (χ4v) is 3.18. The second kappa shape index (κ2) is 7.01. The molecule has 1 aromatic carbocycles. The predicted octanol–water partition coefficient (Wildman–Crippen LogP) is 2.91. The largest absolute Gasteiger partial charge is 0.486 e. The summed E-state index contributed by atoms with van der Waals surface area (Å²) in [5.74, 6) is 0.0157. The summed E-state index contributed by atoms with van der Waals surface area (Å²) >= 11 is 0. The van der Waals surface area contributed by atoms with Crippen molar-refractivity contribution < 1.29 is 19.4 Å². The zero-order valence-electron chi connectivity index (χ0n) is 12.7. The Morgan fingerprint density at radius 1 is 1.18 bits per heavy atom. The van der Waals surface area contributed by atoms with Gasteiger partial charge in [-0.1, -0.05) is 12.1 Å². The van der Waals surface area contributed by atoms with Crippen LogP contribution >= 0.6 is 0 Å². The van der Waals surface area contributed by atoms with Gasteiger partial charge in [-0.05, 0) is 37.8 Å².